The van der Waals surface area contributed by atoms with Crippen LogP contribution in [0.4, 0.5) is 5.69 Å². The van der Waals surface area contributed by atoms with Crippen LogP contribution in [-0.4, -0.2) is 19.2 Å². The molecule has 19 heavy (non-hydrogen) atoms. The summed E-state index contributed by atoms with van der Waals surface area (Å²) >= 11 is 0. The van der Waals surface area contributed by atoms with E-state index in [-0.39, 0.29) is 0 Å². The number of hydrogen-bond donors (Lipinski definition) is 2. The maximum Gasteiger partial charge on any atom is 0.121 e. The maximum atomic E-state index is 5.82. The molecule has 3 nitrogen and oxygen atoms in total. The standard InChI is InChI=1S/C16H26N2O/c1-12(2)11-19-15-7-4-6-14(9-15)18-16-8-3-5-13(16)10-17/h4,6-7,9,12-13,16,18H,3,5,8,10-11,17H2,1-2H3. The van der Waals surface area contributed by atoms with E-state index in [4.69, 9.17) is 10.5 Å². The van der Waals surface area contributed by atoms with E-state index < -0.39 is 0 Å². The molecule has 0 aliphatic heterocycles. The zero-order valence-electron chi connectivity index (χ0n) is 12.1. The quantitative estimate of drug-likeness (QED) is 0.827. The molecule has 1 aliphatic rings. The van der Waals surface area contributed by atoms with Gasteiger partial charge in [0.25, 0.3) is 0 Å². The van der Waals surface area contributed by atoms with Gasteiger partial charge in [-0.05, 0) is 43.4 Å². The molecule has 0 amide bonds. The molecule has 1 saturated carbocycles. The van der Waals surface area contributed by atoms with Gasteiger partial charge in [-0.1, -0.05) is 26.3 Å². The van der Waals surface area contributed by atoms with E-state index in [1.165, 1.54) is 19.3 Å². The number of anilines is 1. The number of ether oxygens (including phenoxy) is 1. The molecule has 2 unspecified atom stereocenters. The molecule has 0 radical (unpaired) electrons. The van der Waals surface area contributed by atoms with Crippen LogP contribution in [0.25, 0.3) is 0 Å². The minimum atomic E-state index is 0.519. The molecule has 0 heterocycles. The SMILES string of the molecule is CC(C)COc1cccc(NC2CCCC2CN)c1. The van der Waals surface area contributed by atoms with E-state index in [2.05, 4.69) is 31.3 Å². The predicted octanol–water partition coefficient (Wildman–Crippen LogP) is 3.26. The molecule has 1 aliphatic carbocycles. The molecule has 1 fully saturated rings. The van der Waals surface area contributed by atoms with Gasteiger partial charge in [-0.3, -0.25) is 0 Å². The molecule has 2 atom stereocenters. The van der Waals surface area contributed by atoms with Crippen molar-refractivity contribution in [2.75, 3.05) is 18.5 Å². The average Bonchev–Trinajstić information content (AvgIpc) is 2.84. The molecule has 2 rings (SSSR count). The number of nitrogens with one attached hydrogen (secondary N) is 1. The van der Waals surface area contributed by atoms with Crippen molar-refractivity contribution >= 4 is 5.69 Å². The van der Waals surface area contributed by atoms with Gasteiger partial charge in [0.1, 0.15) is 5.75 Å². The molecule has 3 heteroatoms. The highest BCUT2D eigenvalue weighted by Crippen LogP contribution is 2.28. The molecule has 1 aromatic rings. The normalized spacial score (nSPS) is 22.7. The van der Waals surface area contributed by atoms with Gasteiger partial charge in [0, 0.05) is 17.8 Å². The van der Waals surface area contributed by atoms with E-state index in [0.717, 1.165) is 24.6 Å². The van der Waals surface area contributed by atoms with E-state index in [1.807, 2.05) is 12.1 Å². The van der Waals surface area contributed by atoms with Crippen LogP contribution < -0.4 is 15.8 Å². The van der Waals surface area contributed by atoms with Crippen molar-refractivity contribution in [2.24, 2.45) is 17.6 Å². The van der Waals surface area contributed by atoms with Gasteiger partial charge in [-0.15, -0.1) is 0 Å². The van der Waals surface area contributed by atoms with Crippen LogP contribution in [0.15, 0.2) is 24.3 Å². The first-order chi connectivity index (χ1) is 9.19. The Morgan fingerprint density at radius 3 is 2.95 bits per heavy atom. The van der Waals surface area contributed by atoms with Crippen LogP contribution in [0.3, 0.4) is 0 Å². The average molecular weight is 262 g/mol. The molecule has 0 bridgehead atoms. The first-order valence-electron chi connectivity index (χ1n) is 7.38. The largest absolute Gasteiger partial charge is 0.493 e. The summed E-state index contributed by atoms with van der Waals surface area (Å²) in [6, 6.07) is 8.78. The Hall–Kier alpha value is -1.22. The van der Waals surface area contributed by atoms with Gasteiger partial charge >= 0.3 is 0 Å². The second-order valence-corrected chi connectivity index (χ2v) is 5.91. The summed E-state index contributed by atoms with van der Waals surface area (Å²) in [5.41, 5.74) is 6.97. The number of hydrogen-bond acceptors (Lipinski definition) is 3. The second-order valence-electron chi connectivity index (χ2n) is 5.91. The zero-order chi connectivity index (χ0) is 13.7. The summed E-state index contributed by atoms with van der Waals surface area (Å²) in [6.07, 6.45) is 3.75. The van der Waals surface area contributed by atoms with Gasteiger partial charge in [-0.25, -0.2) is 0 Å². The van der Waals surface area contributed by atoms with Crippen LogP contribution in [0.1, 0.15) is 33.1 Å². The third kappa shape index (κ3) is 4.13. The molecule has 3 N–H and O–H groups in total. The minimum Gasteiger partial charge on any atom is -0.493 e. The molecular formula is C16H26N2O. The maximum absolute atomic E-state index is 5.82. The van der Waals surface area contributed by atoms with Crippen molar-refractivity contribution in [3.8, 4) is 5.75 Å². The molecule has 0 spiro atoms. The zero-order valence-corrected chi connectivity index (χ0v) is 12.1. The van der Waals surface area contributed by atoms with Crippen LogP contribution in [-0.2, 0) is 0 Å². The molecular weight excluding hydrogens is 236 g/mol. The van der Waals surface area contributed by atoms with Crippen molar-refractivity contribution in [1.29, 1.82) is 0 Å². The van der Waals surface area contributed by atoms with E-state index in [1.54, 1.807) is 0 Å². The smallest absolute Gasteiger partial charge is 0.121 e. The van der Waals surface area contributed by atoms with Crippen molar-refractivity contribution in [2.45, 2.75) is 39.2 Å². The summed E-state index contributed by atoms with van der Waals surface area (Å²) in [5, 5.41) is 3.61. The molecule has 106 valence electrons. The Labute approximate surface area is 116 Å². The van der Waals surface area contributed by atoms with Crippen LogP contribution in [0.5, 0.6) is 5.75 Å². The highest BCUT2D eigenvalue weighted by atomic mass is 16.5. The molecule has 0 aromatic heterocycles. The van der Waals surface area contributed by atoms with Gasteiger partial charge in [-0.2, -0.15) is 0 Å². The number of benzene rings is 1. The van der Waals surface area contributed by atoms with E-state index in [9.17, 15) is 0 Å². The summed E-state index contributed by atoms with van der Waals surface area (Å²) < 4.78 is 5.76. The fraction of sp³-hybridized carbons (Fsp3) is 0.625. The Morgan fingerprint density at radius 1 is 1.37 bits per heavy atom. The lowest BCUT2D eigenvalue weighted by atomic mass is 10.0. The van der Waals surface area contributed by atoms with Crippen LogP contribution in [0, 0.1) is 11.8 Å². The van der Waals surface area contributed by atoms with Gasteiger partial charge in [0.05, 0.1) is 6.61 Å². The van der Waals surface area contributed by atoms with Crippen molar-refractivity contribution in [3.05, 3.63) is 24.3 Å². The van der Waals surface area contributed by atoms with Crippen molar-refractivity contribution < 1.29 is 4.74 Å². The fourth-order valence-electron chi connectivity index (χ4n) is 2.66. The summed E-state index contributed by atoms with van der Waals surface area (Å²) in [7, 11) is 0. The number of rotatable bonds is 6. The lowest BCUT2D eigenvalue weighted by Crippen LogP contribution is -2.29. The highest BCUT2D eigenvalue weighted by molar-refractivity contribution is 5.49. The molecule has 1 aromatic carbocycles. The lowest BCUT2D eigenvalue weighted by Gasteiger charge is -2.21. The fourth-order valence-corrected chi connectivity index (χ4v) is 2.66. The summed E-state index contributed by atoms with van der Waals surface area (Å²) in [5.74, 6) is 2.11. The second kappa shape index (κ2) is 6.80. The third-order valence-electron chi connectivity index (χ3n) is 3.73. The number of nitrogens with two attached hydrogens (primary N) is 1. The summed E-state index contributed by atoms with van der Waals surface area (Å²) in [6.45, 7) is 5.86. The monoisotopic (exact) mass is 262 g/mol. The van der Waals surface area contributed by atoms with E-state index >= 15 is 0 Å². The third-order valence-corrected chi connectivity index (χ3v) is 3.73. The first kappa shape index (κ1) is 14.2. The Morgan fingerprint density at radius 2 is 2.21 bits per heavy atom. The van der Waals surface area contributed by atoms with Crippen LogP contribution >= 0.6 is 0 Å². The first-order valence-corrected chi connectivity index (χ1v) is 7.38. The summed E-state index contributed by atoms with van der Waals surface area (Å²) in [4.78, 5) is 0. The van der Waals surface area contributed by atoms with Gasteiger partial charge in [0.2, 0.25) is 0 Å². The van der Waals surface area contributed by atoms with Crippen LogP contribution in [0.2, 0.25) is 0 Å². The molecule has 0 saturated heterocycles. The minimum absolute atomic E-state index is 0.519. The Balaban J connectivity index is 1.94. The Bertz CT molecular complexity index is 392. The Kier molecular flexibility index (Phi) is 5.08. The van der Waals surface area contributed by atoms with Crippen molar-refractivity contribution in [1.82, 2.24) is 0 Å². The van der Waals surface area contributed by atoms with Gasteiger partial charge < -0.3 is 15.8 Å². The van der Waals surface area contributed by atoms with Gasteiger partial charge in [0.15, 0.2) is 0 Å². The lowest BCUT2D eigenvalue weighted by molar-refractivity contribution is 0.271. The predicted molar refractivity (Wildman–Crippen MR) is 80.6 cm³/mol. The van der Waals surface area contributed by atoms with Crippen molar-refractivity contribution in [3.63, 3.8) is 0 Å². The highest BCUT2D eigenvalue weighted by Gasteiger charge is 2.25. The van der Waals surface area contributed by atoms with E-state index in [0.29, 0.717) is 17.9 Å². The topological polar surface area (TPSA) is 47.3 Å².